The summed E-state index contributed by atoms with van der Waals surface area (Å²) < 4.78 is 2.00. The molecular weight excluding hydrogens is 336 g/mol. The molecule has 0 atom stereocenters. The third kappa shape index (κ3) is 4.25. The van der Waals surface area contributed by atoms with Gasteiger partial charge in [0, 0.05) is 48.3 Å². The first kappa shape index (κ1) is 18.8. The van der Waals surface area contributed by atoms with E-state index in [2.05, 4.69) is 9.97 Å². The van der Waals surface area contributed by atoms with Gasteiger partial charge in [0.05, 0.1) is 12.0 Å². The van der Waals surface area contributed by atoms with Crippen LogP contribution in [0.25, 0.3) is 11.3 Å². The van der Waals surface area contributed by atoms with Gasteiger partial charge in [-0.3, -0.25) is 9.78 Å². The molecule has 0 aliphatic carbocycles. The molecule has 2 heterocycles. The number of hydrogen-bond acceptors (Lipinski definition) is 3. The molecule has 1 amide bonds. The number of aromatic nitrogens is 3. The first-order valence-electron chi connectivity index (χ1n) is 9.30. The highest BCUT2D eigenvalue weighted by Crippen LogP contribution is 2.25. The highest BCUT2D eigenvalue weighted by molar-refractivity contribution is 6.00. The third-order valence-corrected chi connectivity index (χ3v) is 4.53. The van der Waals surface area contributed by atoms with E-state index < -0.39 is 0 Å². The normalized spacial score (nSPS) is 11.2. The van der Waals surface area contributed by atoms with Crippen molar-refractivity contribution < 1.29 is 4.79 Å². The number of carbonyl (C=O) groups is 1. The van der Waals surface area contributed by atoms with Crippen molar-refractivity contribution in [3.05, 3.63) is 72.4 Å². The van der Waals surface area contributed by atoms with Crippen molar-refractivity contribution in [1.29, 1.82) is 0 Å². The minimum atomic E-state index is 0.0416. The molecule has 0 N–H and O–H groups in total. The molecule has 0 aliphatic rings. The average molecular weight is 362 g/mol. The van der Waals surface area contributed by atoms with Crippen molar-refractivity contribution in [2.24, 2.45) is 0 Å². The number of rotatable bonds is 6. The van der Waals surface area contributed by atoms with Crippen molar-refractivity contribution in [2.45, 2.75) is 46.3 Å². The van der Waals surface area contributed by atoms with Crippen LogP contribution in [0.15, 0.2) is 61.3 Å². The van der Waals surface area contributed by atoms with Gasteiger partial charge in [-0.2, -0.15) is 0 Å². The van der Waals surface area contributed by atoms with Gasteiger partial charge in [0.1, 0.15) is 0 Å². The van der Waals surface area contributed by atoms with Crippen LogP contribution >= 0.6 is 0 Å². The zero-order chi connectivity index (χ0) is 19.4. The lowest BCUT2D eigenvalue weighted by atomic mass is 10.0. The molecule has 5 heteroatoms. The summed E-state index contributed by atoms with van der Waals surface area (Å²) >= 11 is 0. The predicted octanol–water partition coefficient (Wildman–Crippen LogP) is 4.25. The highest BCUT2D eigenvalue weighted by atomic mass is 16.2. The zero-order valence-electron chi connectivity index (χ0n) is 16.3. The van der Waals surface area contributed by atoms with E-state index in [4.69, 9.17) is 0 Å². The molecule has 0 saturated carbocycles. The van der Waals surface area contributed by atoms with Crippen LogP contribution in [-0.4, -0.2) is 37.4 Å². The Bertz CT molecular complexity index is 875. The molecule has 5 nitrogen and oxygen atoms in total. The van der Waals surface area contributed by atoms with Crippen LogP contribution in [0.3, 0.4) is 0 Å². The van der Waals surface area contributed by atoms with Crippen molar-refractivity contribution in [1.82, 2.24) is 19.4 Å². The zero-order valence-corrected chi connectivity index (χ0v) is 16.3. The van der Waals surface area contributed by atoms with Gasteiger partial charge in [-0.15, -0.1) is 0 Å². The summed E-state index contributed by atoms with van der Waals surface area (Å²) in [5.41, 5.74) is 3.45. The molecule has 140 valence electrons. The first-order chi connectivity index (χ1) is 13.0. The van der Waals surface area contributed by atoms with Gasteiger partial charge in [-0.1, -0.05) is 24.3 Å². The van der Waals surface area contributed by atoms with E-state index in [0.29, 0.717) is 5.56 Å². The van der Waals surface area contributed by atoms with Gasteiger partial charge >= 0.3 is 0 Å². The van der Waals surface area contributed by atoms with Crippen molar-refractivity contribution >= 4 is 5.91 Å². The summed E-state index contributed by atoms with van der Waals surface area (Å²) in [5, 5.41) is 0. The average Bonchev–Trinajstić information content (AvgIpc) is 3.15. The van der Waals surface area contributed by atoms with Crippen LogP contribution < -0.4 is 0 Å². The van der Waals surface area contributed by atoms with E-state index in [1.54, 1.807) is 12.5 Å². The Hall–Kier alpha value is -2.95. The second-order valence-corrected chi connectivity index (χ2v) is 7.23. The molecule has 3 aromatic rings. The fourth-order valence-electron chi connectivity index (χ4n) is 3.37. The van der Waals surface area contributed by atoms with Gasteiger partial charge in [-0.05, 0) is 45.4 Å². The number of carbonyl (C=O) groups excluding carboxylic acids is 1. The Morgan fingerprint density at radius 1 is 1.07 bits per heavy atom. The molecule has 27 heavy (non-hydrogen) atoms. The molecule has 0 unspecified atom stereocenters. The lowest BCUT2D eigenvalue weighted by Crippen LogP contribution is -2.42. The minimum absolute atomic E-state index is 0.0416. The van der Waals surface area contributed by atoms with Gasteiger partial charge in [0.25, 0.3) is 5.91 Å². The monoisotopic (exact) mass is 362 g/mol. The Balaban J connectivity index is 1.90. The minimum Gasteiger partial charge on any atom is -0.334 e. The van der Waals surface area contributed by atoms with E-state index in [0.717, 1.165) is 23.4 Å². The maximum atomic E-state index is 13.2. The van der Waals surface area contributed by atoms with E-state index in [1.165, 1.54) is 0 Å². The summed E-state index contributed by atoms with van der Waals surface area (Å²) in [6.45, 7) is 8.91. The van der Waals surface area contributed by atoms with Gasteiger partial charge < -0.3 is 9.47 Å². The fraction of sp³-hybridized carbons (Fsp3) is 0.318. The number of pyridine rings is 1. The molecule has 0 aliphatic heterocycles. The molecule has 0 fully saturated rings. The van der Waals surface area contributed by atoms with Gasteiger partial charge in [-0.25, -0.2) is 4.98 Å². The van der Waals surface area contributed by atoms with Crippen molar-refractivity contribution in [3.8, 4) is 11.3 Å². The molecule has 0 spiro atoms. The Morgan fingerprint density at radius 2 is 1.81 bits per heavy atom. The Kier molecular flexibility index (Phi) is 5.69. The first-order valence-corrected chi connectivity index (χ1v) is 9.30. The largest absolute Gasteiger partial charge is 0.334 e. The van der Waals surface area contributed by atoms with Crippen LogP contribution in [0.5, 0.6) is 0 Å². The van der Waals surface area contributed by atoms with Crippen molar-refractivity contribution in [2.75, 3.05) is 0 Å². The van der Waals surface area contributed by atoms with Crippen LogP contribution in [-0.2, 0) is 6.54 Å². The number of nitrogens with zero attached hydrogens (tertiary/aromatic N) is 4. The summed E-state index contributed by atoms with van der Waals surface area (Å²) in [4.78, 5) is 23.8. The second-order valence-electron chi connectivity index (χ2n) is 7.23. The molecule has 0 saturated heterocycles. The smallest absolute Gasteiger partial charge is 0.255 e. The number of amides is 1. The molecule has 0 bridgehead atoms. The summed E-state index contributed by atoms with van der Waals surface area (Å²) in [7, 11) is 0. The van der Waals surface area contributed by atoms with Gasteiger partial charge in [0.2, 0.25) is 0 Å². The maximum absolute atomic E-state index is 13.2. The predicted molar refractivity (Wildman–Crippen MR) is 107 cm³/mol. The van der Waals surface area contributed by atoms with Crippen LogP contribution in [0.2, 0.25) is 0 Å². The quantitative estimate of drug-likeness (QED) is 0.658. The molecule has 2 aromatic heterocycles. The van der Waals surface area contributed by atoms with E-state index in [1.807, 2.05) is 86.0 Å². The maximum Gasteiger partial charge on any atom is 0.255 e. The lowest BCUT2D eigenvalue weighted by molar-refractivity contribution is 0.0644. The molecule has 3 rings (SSSR count). The summed E-state index contributed by atoms with van der Waals surface area (Å²) in [5.74, 6) is 0.0416. The fourth-order valence-corrected chi connectivity index (χ4v) is 3.37. The second kappa shape index (κ2) is 8.16. The summed E-state index contributed by atoms with van der Waals surface area (Å²) in [6.07, 6.45) is 7.33. The molecule has 0 radical (unpaired) electrons. The van der Waals surface area contributed by atoms with E-state index in [9.17, 15) is 4.79 Å². The molecular formula is C22H26N4O. The third-order valence-electron chi connectivity index (χ3n) is 4.53. The van der Waals surface area contributed by atoms with Gasteiger partial charge in [0.15, 0.2) is 0 Å². The molecule has 1 aromatic carbocycles. The summed E-state index contributed by atoms with van der Waals surface area (Å²) in [6, 6.07) is 12.0. The highest BCUT2D eigenvalue weighted by Gasteiger charge is 2.24. The van der Waals surface area contributed by atoms with Crippen LogP contribution in [0.1, 0.15) is 43.6 Å². The van der Waals surface area contributed by atoms with E-state index >= 15 is 0 Å². The van der Waals surface area contributed by atoms with E-state index in [-0.39, 0.29) is 18.0 Å². The topological polar surface area (TPSA) is 51.0 Å². The Labute approximate surface area is 160 Å². The lowest BCUT2D eigenvalue weighted by Gasteiger charge is -2.31. The van der Waals surface area contributed by atoms with Crippen LogP contribution in [0.4, 0.5) is 0 Å². The number of benzene rings is 1. The van der Waals surface area contributed by atoms with Crippen molar-refractivity contribution in [3.63, 3.8) is 0 Å². The standard InChI is InChI=1S/C22H26N4O/c1-16(2)26(17(3)4)22(27)20-8-6-5-7-19(20)21-10-9-18(13-24-21)14-25-12-11-23-15-25/h5-13,15-17H,14H2,1-4H3. The van der Waals surface area contributed by atoms with Crippen LogP contribution in [0, 0.1) is 0 Å². The Morgan fingerprint density at radius 3 is 2.41 bits per heavy atom. The SMILES string of the molecule is CC(C)N(C(=O)c1ccccc1-c1ccc(Cn2ccnc2)cn1)C(C)C. The number of hydrogen-bond donors (Lipinski definition) is 0. The number of imidazole rings is 1.